The van der Waals surface area contributed by atoms with Gasteiger partial charge in [0.15, 0.2) is 5.69 Å². The molecule has 0 aromatic carbocycles. The lowest BCUT2D eigenvalue weighted by atomic mass is 9.81. The number of carbonyl (C=O) groups excluding carboxylic acids is 1. The van der Waals surface area contributed by atoms with Crippen LogP contribution in [0.2, 0.25) is 0 Å². The summed E-state index contributed by atoms with van der Waals surface area (Å²) < 4.78 is 2.01. The number of hydrogen-bond acceptors (Lipinski definition) is 5. The molecule has 2 N–H and O–H groups in total. The summed E-state index contributed by atoms with van der Waals surface area (Å²) in [6.45, 7) is 20.9. The zero-order valence-corrected chi connectivity index (χ0v) is 26.7. The van der Waals surface area contributed by atoms with Gasteiger partial charge in [-0.1, -0.05) is 57.0 Å². The van der Waals surface area contributed by atoms with Gasteiger partial charge in [0.05, 0.1) is 24.1 Å². The number of anilines is 1. The first-order valence-electron chi connectivity index (χ1n) is 15.2. The number of allylic oxidation sites excluding steroid dienone is 6. The highest BCUT2D eigenvalue weighted by Gasteiger charge is 2.26. The van der Waals surface area contributed by atoms with Crippen molar-refractivity contribution in [2.24, 2.45) is 29.8 Å². The minimum Gasteiger partial charge on any atom is -0.377 e. The Morgan fingerprint density at radius 2 is 2.02 bits per heavy atom. The molecule has 1 aliphatic heterocycles. The first-order valence-corrected chi connectivity index (χ1v) is 15.2. The van der Waals surface area contributed by atoms with Crippen LogP contribution in [0.4, 0.5) is 5.95 Å². The van der Waals surface area contributed by atoms with Crippen LogP contribution in [0.1, 0.15) is 78.6 Å². The van der Waals surface area contributed by atoms with Gasteiger partial charge in [-0.15, -0.1) is 0 Å². The van der Waals surface area contributed by atoms with E-state index < -0.39 is 0 Å². The van der Waals surface area contributed by atoms with Crippen LogP contribution >= 0.6 is 0 Å². The topological polar surface area (TPSA) is 73.5 Å². The highest BCUT2D eigenvalue weighted by Crippen LogP contribution is 2.30. The van der Waals surface area contributed by atoms with Crippen LogP contribution in [-0.4, -0.2) is 42.1 Å². The molecule has 7 heteroatoms. The number of nitrogens with one attached hydrogen (secondary N) is 2. The van der Waals surface area contributed by atoms with Crippen LogP contribution in [0, 0.1) is 24.7 Å². The molecule has 0 spiro atoms. The molecule has 1 aromatic rings. The number of aryl methyl sites for hydroxylation is 1. The van der Waals surface area contributed by atoms with Gasteiger partial charge in [-0.05, 0) is 89.2 Å². The molecule has 2 rings (SSSR count). The highest BCUT2D eigenvalue weighted by molar-refractivity contribution is 5.92. The fourth-order valence-corrected chi connectivity index (χ4v) is 5.06. The first-order chi connectivity index (χ1) is 19.7. The van der Waals surface area contributed by atoms with Gasteiger partial charge in [0.25, 0.3) is 5.91 Å². The second-order valence-electron chi connectivity index (χ2n) is 11.2. The van der Waals surface area contributed by atoms with Crippen LogP contribution in [-0.2, 0) is 11.8 Å². The van der Waals surface area contributed by atoms with Crippen molar-refractivity contribution in [2.75, 3.05) is 25.0 Å². The van der Waals surface area contributed by atoms with E-state index in [4.69, 9.17) is 4.98 Å². The molecule has 41 heavy (non-hydrogen) atoms. The largest absolute Gasteiger partial charge is 0.397 e. The maximum Gasteiger partial charge on any atom is 0.397 e. The van der Waals surface area contributed by atoms with Crippen LogP contribution in [0.25, 0.3) is 5.70 Å². The Labute approximate surface area is 248 Å². The quantitative estimate of drug-likeness (QED) is 0.125. The van der Waals surface area contributed by atoms with Gasteiger partial charge < -0.3 is 10.2 Å². The van der Waals surface area contributed by atoms with Gasteiger partial charge in [-0.25, -0.2) is 9.88 Å². The van der Waals surface area contributed by atoms with Crippen LogP contribution in [0.15, 0.2) is 65.0 Å². The summed E-state index contributed by atoms with van der Waals surface area (Å²) in [6.07, 6.45) is 18.1. The Bertz CT molecular complexity index is 1170. The number of carbonyl (C=O) groups is 1. The zero-order valence-electron chi connectivity index (χ0n) is 26.7. The smallest absolute Gasteiger partial charge is 0.377 e. The first kappa shape index (κ1) is 33.7. The maximum atomic E-state index is 13.3. The van der Waals surface area contributed by atoms with Crippen LogP contribution < -0.4 is 15.2 Å². The summed E-state index contributed by atoms with van der Waals surface area (Å²) in [6, 6.07) is 2.00. The monoisotopic (exact) mass is 561 g/mol. The van der Waals surface area contributed by atoms with Gasteiger partial charge in [-0.2, -0.15) is 0 Å². The summed E-state index contributed by atoms with van der Waals surface area (Å²) in [5.41, 5.74) is 4.11. The van der Waals surface area contributed by atoms with Crippen molar-refractivity contribution >= 4 is 24.3 Å². The fraction of sp³-hybridized carbons (Fsp3) is 0.529. The van der Waals surface area contributed by atoms with Gasteiger partial charge in [-0.3, -0.25) is 9.79 Å². The Hall–Kier alpha value is -3.48. The summed E-state index contributed by atoms with van der Waals surface area (Å²) in [5, 5.41) is 6.82. The van der Waals surface area contributed by atoms with Gasteiger partial charge in [0.2, 0.25) is 0 Å². The number of hydrogen-bond donors (Lipinski definition) is 2. The Kier molecular flexibility index (Phi) is 14.3. The summed E-state index contributed by atoms with van der Waals surface area (Å²) in [7, 11) is 1.98. The third-order valence-corrected chi connectivity index (χ3v) is 8.06. The van der Waals surface area contributed by atoms with Crippen molar-refractivity contribution in [3.63, 3.8) is 0 Å². The van der Waals surface area contributed by atoms with E-state index >= 15 is 0 Å². The lowest BCUT2D eigenvalue weighted by molar-refractivity contribution is -0.665. The Morgan fingerprint density at radius 1 is 1.27 bits per heavy atom. The SMILES string of the molecule is C=NC(=CC=CC)c1cc(C)[n+](C)c(NC(C=CCNC(=CC)C(=O)N2CCCC(C(C)C(C)C)CC2)=CCC)n1. The molecule has 1 fully saturated rings. The number of aromatic nitrogens is 2. The van der Waals surface area contributed by atoms with E-state index in [0.29, 0.717) is 41.6 Å². The van der Waals surface area contributed by atoms with Gasteiger partial charge in [0.1, 0.15) is 5.70 Å². The third kappa shape index (κ3) is 10.1. The summed E-state index contributed by atoms with van der Waals surface area (Å²) in [5.74, 6) is 2.87. The molecule has 0 saturated carbocycles. The van der Waals surface area contributed by atoms with Gasteiger partial charge in [0, 0.05) is 25.7 Å². The molecule has 7 nitrogen and oxygen atoms in total. The lowest BCUT2D eigenvalue weighted by Crippen LogP contribution is -2.37. The molecule has 2 atom stereocenters. The minimum atomic E-state index is 0.0994. The van der Waals surface area contributed by atoms with E-state index in [0.717, 1.165) is 49.4 Å². The molecule has 1 aliphatic rings. The van der Waals surface area contributed by atoms with E-state index in [-0.39, 0.29) is 5.91 Å². The van der Waals surface area contributed by atoms with Crippen molar-refractivity contribution in [2.45, 2.75) is 74.1 Å². The fourth-order valence-electron chi connectivity index (χ4n) is 5.06. The van der Waals surface area contributed by atoms with E-state index in [1.54, 1.807) is 0 Å². The molecular formula is C34H53N6O+. The molecule has 0 bridgehead atoms. The van der Waals surface area contributed by atoms with Crippen LogP contribution in [0.5, 0.6) is 0 Å². The molecule has 0 radical (unpaired) electrons. The molecule has 0 aliphatic carbocycles. The molecule has 2 heterocycles. The predicted octanol–water partition coefficient (Wildman–Crippen LogP) is 6.51. The second-order valence-corrected chi connectivity index (χ2v) is 11.2. The highest BCUT2D eigenvalue weighted by atomic mass is 16.2. The number of amides is 1. The van der Waals surface area contributed by atoms with E-state index in [2.05, 4.69) is 56.1 Å². The lowest BCUT2D eigenvalue weighted by Gasteiger charge is -2.26. The summed E-state index contributed by atoms with van der Waals surface area (Å²) >= 11 is 0. The summed E-state index contributed by atoms with van der Waals surface area (Å²) in [4.78, 5) is 24.3. The number of nitrogens with zero attached hydrogens (tertiary/aromatic N) is 4. The van der Waals surface area contributed by atoms with Gasteiger partial charge >= 0.3 is 5.95 Å². The van der Waals surface area contributed by atoms with Crippen molar-refractivity contribution in [3.05, 3.63) is 71.4 Å². The standard InChI is InChI=1S/C34H52N6O/c1-10-13-19-31(35-8)32-24-26(6)39(9)34(38-32)37-29(16-11-2)18-14-21-36-30(12-3)33(41)40-22-15-17-28(20-23-40)27(7)25(4)5/h10,12-14,16,18-19,24-25,27-28,36H,8,11,15,17,20-23H2,1-7,9H3/p+1. The Morgan fingerprint density at radius 3 is 2.66 bits per heavy atom. The number of likely N-dealkylation sites (tertiary alicyclic amines) is 1. The second kappa shape index (κ2) is 17.4. The number of rotatable bonds is 13. The zero-order chi connectivity index (χ0) is 30.4. The normalized spacial score (nSPS) is 18.2. The molecule has 1 amide bonds. The number of aliphatic imine (C=N–C) groups is 1. The third-order valence-electron chi connectivity index (χ3n) is 8.06. The minimum absolute atomic E-state index is 0.0994. The molecular weight excluding hydrogens is 508 g/mol. The van der Waals surface area contributed by atoms with Crippen LogP contribution in [0.3, 0.4) is 0 Å². The van der Waals surface area contributed by atoms with Crippen molar-refractivity contribution in [1.82, 2.24) is 15.2 Å². The van der Waals surface area contributed by atoms with E-state index in [1.807, 2.05) is 79.8 Å². The van der Waals surface area contributed by atoms with Crippen molar-refractivity contribution < 1.29 is 9.36 Å². The van der Waals surface area contributed by atoms with E-state index in [9.17, 15) is 4.79 Å². The maximum absolute atomic E-state index is 13.3. The molecule has 2 unspecified atom stereocenters. The average molecular weight is 562 g/mol. The molecule has 224 valence electrons. The Balaban J connectivity index is 2.07. The van der Waals surface area contributed by atoms with Crippen molar-refractivity contribution in [1.29, 1.82) is 0 Å². The molecule has 1 saturated heterocycles. The van der Waals surface area contributed by atoms with Crippen molar-refractivity contribution in [3.8, 4) is 0 Å². The predicted molar refractivity (Wildman–Crippen MR) is 173 cm³/mol. The average Bonchev–Trinajstić information content (AvgIpc) is 3.21. The molecule has 1 aromatic heterocycles. The van der Waals surface area contributed by atoms with E-state index in [1.165, 1.54) is 6.42 Å².